The molecule has 0 aliphatic carbocycles. The predicted molar refractivity (Wildman–Crippen MR) is 189 cm³/mol. The van der Waals surface area contributed by atoms with Crippen LogP contribution in [0.2, 0.25) is 0 Å². The summed E-state index contributed by atoms with van der Waals surface area (Å²) in [5.41, 5.74) is 4.38. The molecular weight excluding hydrogens is 557 g/mol. The van der Waals surface area contributed by atoms with E-state index in [-0.39, 0.29) is 32.9 Å². The third kappa shape index (κ3) is 15.8. The SMILES string of the molecule is CC.CC(C)(C)C.COC(=O)COc1ccc(SC(C)(C)Sc2cc(C(C)(C)C)cc(C(C)(C)C)c2)cc1C(C)(C)C. The fourth-order valence-corrected chi connectivity index (χ4v) is 6.16. The average molecular weight is 619 g/mol. The van der Waals surface area contributed by atoms with Crippen LogP contribution in [0.4, 0.5) is 0 Å². The first-order valence-corrected chi connectivity index (χ1v) is 16.8. The molecule has 42 heavy (non-hydrogen) atoms. The van der Waals surface area contributed by atoms with E-state index in [0.717, 1.165) is 11.3 Å². The lowest BCUT2D eigenvalue weighted by atomic mass is 9.81. The summed E-state index contributed by atoms with van der Waals surface area (Å²) in [7, 11) is 1.37. The number of hydrogen-bond acceptors (Lipinski definition) is 5. The first-order valence-electron chi connectivity index (χ1n) is 15.2. The van der Waals surface area contributed by atoms with E-state index in [0.29, 0.717) is 5.41 Å². The zero-order chi connectivity index (χ0) is 33.3. The molecule has 240 valence electrons. The summed E-state index contributed by atoms with van der Waals surface area (Å²) in [6.07, 6.45) is 0. The quantitative estimate of drug-likeness (QED) is 0.175. The van der Waals surface area contributed by atoms with E-state index in [9.17, 15) is 4.79 Å². The highest BCUT2D eigenvalue weighted by molar-refractivity contribution is 8.18. The highest BCUT2D eigenvalue weighted by Crippen LogP contribution is 2.48. The molecule has 0 saturated heterocycles. The number of rotatable bonds is 7. The first kappa shape index (κ1) is 40.4. The number of thioether (sulfide) groups is 2. The number of methoxy groups -OCH3 is 1. The smallest absolute Gasteiger partial charge is 0.343 e. The number of hydrogen-bond donors (Lipinski definition) is 0. The molecule has 5 heteroatoms. The summed E-state index contributed by atoms with van der Waals surface area (Å²) in [5.74, 6) is 0.346. The van der Waals surface area contributed by atoms with Crippen LogP contribution in [-0.2, 0) is 25.8 Å². The molecule has 3 nitrogen and oxygen atoms in total. The summed E-state index contributed by atoms with van der Waals surface area (Å²) in [6.45, 7) is 37.4. The Kier molecular flexibility index (Phi) is 15.3. The van der Waals surface area contributed by atoms with Crippen molar-refractivity contribution in [2.45, 2.75) is 148 Å². The standard InChI is InChI=1S/C30H44O3S2.C5H12.C2H6/c1-27(2,3)20-15-21(28(4,5)6)17-23(16-20)35-30(10,11)34-22-13-14-25(33-19-26(31)32-12)24(18-22)29(7,8)9;1-5(2,3)4;1-2/h13-18H,19H2,1-12H3;1-4H3;1-2H3. The minimum atomic E-state index is -0.382. The minimum absolute atomic E-state index is 0.0881. The lowest BCUT2D eigenvalue weighted by molar-refractivity contribution is -0.142. The topological polar surface area (TPSA) is 35.5 Å². The van der Waals surface area contributed by atoms with Crippen molar-refractivity contribution in [1.82, 2.24) is 0 Å². The largest absolute Gasteiger partial charge is 0.482 e. The van der Waals surface area contributed by atoms with Crippen LogP contribution in [-0.4, -0.2) is 23.8 Å². The van der Waals surface area contributed by atoms with E-state index >= 15 is 0 Å². The molecule has 0 N–H and O–H groups in total. The van der Waals surface area contributed by atoms with E-state index in [4.69, 9.17) is 9.47 Å². The zero-order valence-electron chi connectivity index (χ0n) is 30.2. The molecule has 0 unspecified atom stereocenters. The Hall–Kier alpha value is -1.59. The van der Waals surface area contributed by atoms with Crippen molar-refractivity contribution in [3.05, 3.63) is 53.1 Å². The van der Waals surface area contributed by atoms with Crippen LogP contribution in [0.5, 0.6) is 5.75 Å². The van der Waals surface area contributed by atoms with Crippen molar-refractivity contribution in [1.29, 1.82) is 0 Å². The highest BCUT2D eigenvalue weighted by Gasteiger charge is 2.27. The van der Waals surface area contributed by atoms with Gasteiger partial charge in [-0.2, -0.15) is 0 Å². The van der Waals surface area contributed by atoms with Crippen LogP contribution in [0.1, 0.15) is 134 Å². The van der Waals surface area contributed by atoms with Gasteiger partial charge < -0.3 is 9.47 Å². The predicted octanol–water partition coefficient (Wildman–Crippen LogP) is 11.8. The number of ether oxygens (including phenoxy) is 2. The molecule has 2 aromatic rings. The summed E-state index contributed by atoms with van der Waals surface area (Å²) in [6, 6.07) is 13.3. The van der Waals surface area contributed by atoms with Crippen LogP contribution < -0.4 is 4.74 Å². The average Bonchev–Trinajstić information content (AvgIpc) is 2.80. The maximum atomic E-state index is 11.6. The van der Waals surface area contributed by atoms with E-state index < -0.39 is 0 Å². The summed E-state index contributed by atoms with van der Waals surface area (Å²) in [5, 5.41) is 0. The first-order chi connectivity index (χ1) is 18.8. The Morgan fingerprint density at radius 2 is 1.07 bits per heavy atom. The summed E-state index contributed by atoms with van der Waals surface area (Å²) < 4.78 is 10.4. The van der Waals surface area contributed by atoms with Crippen molar-refractivity contribution in [3.63, 3.8) is 0 Å². The van der Waals surface area contributed by atoms with Crippen LogP contribution >= 0.6 is 23.5 Å². The summed E-state index contributed by atoms with van der Waals surface area (Å²) in [4.78, 5) is 14.1. The van der Waals surface area contributed by atoms with Gasteiger partial charge in [0.05, 0.1) is 11.2 Å². The van der Waals surface area contributed by atoms with Crippen molar-refractivity contribution in [3.8, 4) is 5.75 Å². The molecule has 2 rings (SSSR count). The third-order valence-corrected chi connectivity index (χ3v) is 8.14. The second-order valence-electron chi connectivity index (χ2n) is 15.6. The van der Waals surface area contributed by atoms with Gasteiger partial charge in [0.25, 0.3) is 0 Å². The Balaban J connectivity index is 0.00000216. The monoisotopic (exact) mass is 618 g/mol. The molecule has 0 aliphatic heterocycles. The van der Waals surface area contributed by atoms with Gasteiger partial charge in [-0.25, -0.2) is 4.79 Å². The molecule has 0 fully saturated rings. The molecule has 0 saturated carbocycles. The normalized spacial score (nSPS) is 12.4. The Labute approximate surface area is 268 Å². The van der Waals surface area contributed by atoms with E-state index in [2.05, 4.69) is 134 Å². The Morgan fingerprint density at radius 1 is 0.643 bits per heavy atom. The number of benzene rings is 2. The second-order valence-corrected chi connectivity index (χ2v) is 19.3. The van der Waals surface area contributed by atoms with E-state index in [1.54, 1.807) is 0 Å². The van der Waals surface area contributed by atoms with Crippen LogP contribution in [0.3, 0.4) is 0 Å². The fraction of sp³-hybridized carbons (Fsp3) is 0.649. The zero-order valence-corrected chi connectivity index (χ0v) is 31.8. The van der Waals surface area contributed by atoms with Crippen LogP contribution in [0, 0.1) is 5.41 Å². The molecule has 2 aromatic carbocycles. The third-order valence-electron chi connectivity index (χ3n) is 5.70. The molecule has 0 bridgehead atoms. The van der Waals surface area contributed by atoms with Gasteiger partial charge in [0.1, 0.15) is 5.75 Å². The number of esters is 1. The van der Waals surface area contributed by atoms with Gasteiger partial charge in [0.2, 0.25) is 0 Å². The lowest BCUT2D eigenvalue weighted by Crippen LogP contribution is -2.18. The maximum Gasteiger partial charge on any atom is 0.343 e. The second kappa shape index (κ2) is 15.9. The van der Waals surface area contributed by atoms with Crippen LogP contribution in [0.25, 0.3) is 0 Å². The molecule has 0 heterocycles. The van der Waals surface area contributed by atoms with Gasteiger partial charge in [-0.15, -0.1) is 23.5 Å². The van der Waals surface area contributed by atoms with Gasteiger partial charge in [-0.1, -0.05) is 110 Å². The van der Waals surface area contributed by atoms with Crippen molar-refractivity contribution in [2.75, 3.05) is 13.7 Å². The minimum Gasteiger partial charge on any atom is -0.482 e. The fourth-order valence-electron chi connectivity index (χ4n) is 3.59. The Bertz CT molecular complexity index is 1080. The van der Waals surface area contributed by atoms with Gasteiger partial charge in [0, 0.05) is 15.4 Å². The van der Waals surface area contributed by atoms with E-state index in [1.807, 2.05) is 43.4 Å². The molecule has 0 atom stereocenters. The Morgan fingerprint density at radius 3 is 1.45 bits per heavy atom. The molecule has 0 spiro atoms. The van der Waals surface area contributed by atoms with E-state index in [1.165, 1.54) is 28.0 Å². The molecule has 0 aliphatic rings. The maximum absolute atomic E-state index is 11.6. The van der Waals surface area contributed by atoms with Gasteiger partial charge >= 0.3 is 5.97 Å². The number of carbonyl (C=O) groups excluding carboxylic acids is 1. The molecule has 0 aromatic heterocycles. The van der Waals surface area contributed by atoms with Crippen molar-refractivity contribution < 1.29 is 14.3 Å². The molecule has 0 radical (unpaired) electrons. The number of carbonyl (C=O) groups is 1. The molecule has 0 amide bonds. The van der Waals surface area contributed by atoms with Gasteiger partial charge in [0.15, 0.2) is 6.61 Å². The highest BCUT2D eigenvalue weighted by atomic mass is 32.2. The summed E-state index contributed by atoms with van der Waals surface area (Å²) >= 11 is 3.76. The molecular formula is C37H62O3S2. The van der Waals surface area contributed by atoms with Gasteiger partial charge in [-0.3, -0.25) is 0 Å². The van der Waals surface area contributed by atoms with Crippen molar-refractivity contribution in [2.24, 2.45) is 5.41 Å². The lowest BCUT2D eigenvalue weighted by Gasteiger charge is -2.29. The van der Waals surface area contributed by atoms with Crippen molar-refractivity contribution >= 4 is 29.5 Å². The van der Waals surface area contributed by atoms with Crippen LogP contribution in [0.15, 0.2) is 46.2 Å². The van der Waals surface area contributed by atoms with Gasteiger partial charge in [-0.05, 0) is 77.0 Å².